The van der Waals surface area contributed by atoms with E-state index >= 15 is 0 Å². The van der Waals surface area contributed by atoms with E-state index in [2.05, 4.69) is 9.97 Å². The van der Waals surface area contributed by atoms with Gasteiger partial charge in [-0.3, -0.25) is 4.79 Å². The molecule has 1 aliphatic heterocycles. The number of aromatic nitrogens is 3. The summed E-state index contributed by atoms with van der Waals surface area (Å²) in [6.07, 6.45) is -1.01. The highest BCUT2D eigenvalue weighted by Crippen LogP contribution is 2.34. The van der Waals surface area contributed by atoms with Gasteiger partial charge in [-0.2, -0.15) is 0 Å². The van der Waals surface area contributed by atoms with E-state index in [9.17, 15) is 15.0 Å². The molecule has 2 aromatic heterocycles. The van der Waals surface area contributed by atoms with Crippen molar-refractivity contribution in [2.24, 2.45) is 5.73 Å². The van der Waals surface area contributed by atoms with Crippen LogP contribution in [0.3, 0.4) is 0 Å². The monoisotopic (exact) mass is 293 g/mol. The van der Waals surface area contributed by atoms with Crippen LogP contribution in [0.25, 0.3) is 11.0 Å². The Morgan fingerprint density at radius 1 is 1.38 bits per heavy atom. The van der Waals surface area contributed by atoms with Gasteiger partial charge < -0.3 is 31.0 Å². The minimum Gasteiger partial charge on any atom is -0.388 e. The molecule has 1 aliphatic rings. The van der Waals surface area contributed by atoms with Crippen LogP contribution < -0.4 is 11.5 Å². The third-order valence-electron chi connectivity index (χ3n) is 3.66. The van der Waals surface area contributed by atoms with Gasteiger partial charge in [-0.05, 0) is 6.92 Å². The highest BCUT2D eigenvalue weighted by atomic mass is 16.6. The Hall–Kier alpha value is -2.23. The number of primary amides is 1. The normalized spacial score (nSPS) is 29.1. The minimum atomic E-state index is -1.16. The van der Waals surface area contributed by atoms with Crippen molar-refractivity contribution >= 4 is 22.8 Å². The van der Waals surface area contributed by atoms with Gasteiger partial charge in [0.2, 0.25) is 0 Å². The van der Waals surface area contributed by atoms with Crippen molar-refractivity contribution in [3.8, 4) is 0 Å². The second-order valence-electron chi connectivity index (χ2n) is 4.98. The number of rotatable bonds is 2. The van der Waals surface area contributed by atoms with Crippen molar-refractivity contribution in [3.63, 3.8) is 0 Å². The average molecular weight is 293 g/mol. The van der Waals surface area contributed by atoms with Gasteiger partial charge >= 0.3 is 0 Å². The Balaban J connectivity index is 2.20. The van der Waals surface area contributed by atoms with E-state index in [-0.39, 0.29) is 11.4 Å². The maximum absolute atomic E-state index is 11.6. The molecule has 0 bridgehead atoms. The molecule has 0 aromatic carbocycles. The van der Waals surface area contributed by atoms with Gasteiger partial charge in [0, 0.05) is 6.20 Å². The summed E-state index contributed by atoms with van der Waals surface area (Å²) in [7, 11) is 0. The molecule has 0 spiro atoms. The number of nitrogens with zero attached hydrogens (tertiary/aromatic N) is 3. The van der Waals surface area contributed by atoms with Crippen molar-refractivity contribution in [1.29, 1.82) is 0 Å². The molecule has 0 radical (unpaired) electrons. The second-order valence-corrected chi connectivity index (χ2v) is 4.98. The molecule has 9 nitrogen and oxygen atoms in total. The average Bonchev–Trinajstić information content (AvgIpc) is 2.94. The topological polar surface area (TPSA) is 150 Å². The first-order valence-electron chi connectivity index (χ1n) is 6.34. The number of hydrogen-bond donors (Lipinski definition) is 4. The molecule has 1 amide bonds. The molecule has 1 fully saturated rings. The smallest absolute Gasteiger partial charge is 0.251 e. The summed E-state index contributed by atoms with van der Waals surface area (Å²) in [5.74, 6) is -0.588. The van der Waals surface area contributed by atoms with Crippen LogP contribution in [0.1, 0.15) is 23.5 Å². The highest BCUT2D eigenvalue weighted by molar-refractivity contribution is 6.08. The number of fused-ring (bicyclic) bond motifs is 1. The van der Waals surface area contributed by atoms with Crippen LogP contribution in [0, 0.1) is 0 Å². The van der Waals surface area contributed by atoms with Crippen molar-refractivity contribution in [1.82, 2.24) is 14.5 Å². The van der Waals surface area contributed by atoms with Gasteiger partial charge in [-0.25, -0.2) is 9.97 Å². The van der Waals surface area contributed by atoms with Crippen LogP contribution >= 0.6 is 0 Å². The quantitative estimate of drug-likeness (QED) is 0.540. The Bertz CT molecular complexity index is 715. The van der Waals surface area contributed by atoms with E-state index in [1.807, 2.05) is 0 Å². The largest absolute Gasteiger partial charge is 0.388 e. The van der Waals surface area contributed by atoms with Gasteiger partial charge in [0.05, 0.1) is 17.1 Å². The first-order valence-corrected chi connectivity index (χ1v) is 6.34. The second kappa shape index (κ2) is 4.65. The zero-order valence-electron chi connectivity index (χ0n) is 11.2. The predicted octanol–water partition coefficient (Wildman–Crippen LogP) is -1.25. The van der Waals surface area contributed by atoms with Crippen molar-refractivity contribution < 1.29 is 19.7 Å². The van der Waals surface area contributed by atoms with Gasteiger partial charge in [0.1, 0.15) is 30.0 Å². The van der Waals surface area contributed by atoms with E-state index in [4.69, 9.17) is 16.2 Å². The number of carbonyl (C=O) groups is 1. The van der Waals surface area contributed by atoms with E-state index in [1.165, 1.54) is 17.1 Å². The lowest BCUT2D eigenvalue weighted by molar-refractivity contribution is -0.0296. The Morgan fingerprint density at radius 3 is 2.67 bits per heavy atom. The molecule has 0 aliphatic carbocycles. The molecule has 0 saturated carbocycles. The lowest BCUT2D eigenvalue weighted by Gasteiger charge is -2.17. The number of nitrogens with two attached hydrogens (primary N) is 2. The zero-order chi connectivity index (χ0) is 15.3. The van der Waals surface area contributed by atoms with Gasteiger partial charge in [0.15, 0.2) is 6.23 Å². The molecular formula is C12H15N5O4. The SMILES string of the molecule is C[C@@H]1O[C@@H](n2cc(C(N)=O)c3c(N)ncnc32)[C@@H](O)[C@@H]1O. The molecule has 4 atom stereocenters. The number of carbonyl (C=O) groups excluding carboxylic acids is 1. The number of anilines is 1. The van der Waals surface area contributed by atoms with Crippen molar-refractivity contribution in [2.75, 3.05) is 5.73 Å². The van der Waals surface area contributed by atoms with E-state index in [1.54, 1.807) is 6.92 Å². The van der Waals surface area contributed by atoms with Crippen LogP contribution in [0.4, 0.5) is 5.82 Å². The fraction of sp³-hybridized carbons (Fsp3) is 0.417. The predicted molar refractivity (Wildman–Crippen MR) is 72.1 cm³/mol. The Morgan fingerprint density at radius 2 is 2.10 bits per heavy atom. The first-order chi connectivity index (χ1) is 9.91. The fourth-order valence-electron chi connectivity index (χ4n) is 2.55. The van der Waals surface area contributed by atoms with E-state index < -0.39 is 30.4 Å². The number of aliphatic hydroxyl groups excluding tert-OH is 2. The van der Waals surface area contributed by atoms with Crippen LogP contribution in [0.5, 0.6) is 0 Å². The summed E-state index contributed by atoms with van der Waals surface area (Å²) in [6, 6.07) is 0. The molecular weight excluding hydrogens is 278 g/mol. The Kier molecular flexibility index (Phi) is 3.04. The third-order valence-corrected chi connectivity index (χ3v) is 3.66. The molecule has 1 saturated heterocycles. The summed E-state index contributed by atoms with van der Waals surface area (Å²) in [4.78, 5) is 19.4. The molecule has 0 unspecified atom stereocenters. The Labute approximate surface area is 119 Å². The van der Waals surface area contributed by atoms with E-state index in [0.29, 0.717) is 11.0 Å². The summed E-state index contributed by atoms with van der Waals surface area (Å²) in [6.45, 7) is 1.64. The molecule has 9 heteroatoms. The summed E-state index contributed by atoms with van der Waals surface area (Å²) in [5, 5.41) is 20.2. The molecule has 3 rings (SSSR count). The van der Waals surface area contributed by atoms with Crippen LogP contribution in [0.2, 0.25) is 0 Å². The zero-order valence-corrected chi connectivity index (χ0v) is 11.2. The summed E-state index contributed by atoms with van der Waals surface area (Å²) in [5.41, 5.74) is 11.5. The number of aliphatic hydroxyl groups is 2. The number of hydrogen-bond acceptors (Lipinski definition) is 7. The highest BCUT2D eigenvalue weighted by Gasteiger charge is 2.42. The maximum Gasteiger partial charge on any atom is 0.251 e. The summed E-state index contributed by atoms with van der Waals surface area (Å²) < 4.78 is 6.96. The van der Waals surface area contributed by atoms with Gasteiger partial charge in [-0.15, -0.1) is 0 Å². The molecule has 6 N–H and O–H groups in total. The summed E-state index contributed by atoms with van der Waals surface area (Å²) >= 11 is 0. The number of nitrogen functional groups attached to an aromatic ring is 1. The molecule has 21 heavy (non-hydrogen) atoms. The third kappa shape index (κ3) is 1.94. The van der Waals surface area contributed by atoms with Crippen molar-refractivity contribution in [2.45, 2.75) is 31.5 Å². The van der Waals surface area contributed by atoms with Gasteiger partial charge in [0.25, 0.3) is 5.91 Å². The van der Waals surface area contributed by atoms with Crippen LogP contribution in [-0.4, -0.2) is 49.0 Å². The number of amides is 1. The lowest BCUT2D eigenvalue weighted by atomic mass is 10.1. The molecule has 2 aromatic rings. The van der Waals surface area contributed by atoms with E-state index in [0.717, 1.165) is 0 Å². The van der Waals surface area contributed by atoms with Crippen LogP contribution in [0.15, 0.2) is 12.5 Å². The van der Waals surface area contributed by atoms with Gasteiger partial charge in [-0.1, -0.05) is 0 Å². The standard InChI is InChI=1S/C12H15N5O4/c1-4-7(18)8(19)12(21-4)17-2-5(10(14)20)6-9(13)15-3-16-11(6)17/h2-4,7-8,12,18-19H,1H3,(H2,14,20)(H2,13,15,16)/t4-,7+,8-,12+/m0/s1. The number of ether oxygens (including phenoxy) is 1. The maximum atomic E-state index is 11.6. The van der Waals surface area contributed by atoms with Crippen molar-refractivity contribution in [3.05, 3.63) is 18.1 Å². The fourth-order valence-corrected chi connectivity index (χ4v) is 2.55. The molecule has 112 valence electrons. The lowest BCUT2D eigenvalue weighted by Crippen LogP contribution is -2.30. The minimum absolute atomic E-state index is 0.105. The molecule has 3 heterocycles. The first kappa shape index (κ1) is 13.7. The van der Waals surface area contributed by atoms with Crippen LogP contribution in [-0.2, 0) is 4.74 Å².